The summed E-state index contributed by atoms with van der Waals surface area (Å²) in [5, 5.41) is 26.9. The molecule has 34 heavy (non-hydrogen) atoms. The highest BCUT2D eigenvalue weighted by atomic mass is 16.5. The molecule has 11 nitrogen and oxygen atoms in total. The number of pyridine rings is 1. The Morgan fingerprint density at radius 1 is 0.824 bits per heavy atom. The first-order chi connectivity index (χ1) is 16.4. The first-order valence-electron chi connectivity index (χ1n) is 9.78. The number of nitrogens with zero attached hydrogens (tertiary/aromatic N) is 3. The third kappa shape index (κ3) is 6.07. The molecule has 0 saturated carbocycles. The lowest BCUT2D eigenvalue weighted by Crippen LogP contribution is -2.21. The molecule has 0 atom stereocenters. The molecule has 3 aromatic rings. The summed E-state index contributed by atoms with van der Waals surface area (Å²) in [5.74, 6) is -0.569. The Morgan fingerprint density at radius 2 is 1.35 bits per heavy atom. The average Bonchev–Trinajstić information content (AvgIpc) is 2.86. The third-order valence-electron chi connectivity index (χ3n) is 4.43. The minimum absolute atomic E-state index is 0.00911. The summed E-state index contributed by atoms with van der Waals surface area (Å²) in [5.41, 5.74) is 6.12. The number of carbonyl (C=O) groups is 2. The second kappa shape index (κ2) is 11.1. The number of hydrogen-bond acceptors (Lipinski definition) is 9. The van der Waals surface area contributed by atoms with Gasteiger partial charge in [0.15, 0.2) is 23.0 Å². The van der Waals surface area contributed by atoms with Gasteiger partial charge in [0.25, 0.3) is 11.8 Å². The number of nitrogens with one attached hydrogen (secondary N) is 2. The molecule has 2 aromatic carbocycles. The van der Waals surface area contributed by atoms with Crippen LogP contribution in [0.25, 0.3) is 0 Å². The van der Waals surface area contributed by atoms with Crippen LogP contribution in [0.1, 0.15) is 32.0 Å². The fraction of sp³-hybridized carbons (Fsp3) is 0.0870. The third-order valence-corrected chi connectivity index (χ3v) is 4.43. The number of phenolic OH excluding ortho intramolecular Hbond substituents is 2. The van der Waals surface area contributed by atoms with E-state index in [0.717, 1.165) is 0 Å². The van der Waals surface area contributed by atoms with E-state index in [-0.39, 0.29) is 34.3 Å². The largest absolute Gasteiger partial charge is 0.504 e. The zero-order valence-electron chi connectivity index (χ0n) is 18.2. The van der Waals surface area contributed by atoms with Crippen LogP contribution in [0.5, 0.6) is 23.0 Å². The van der Waals surface area contributed by atoms with Gasteiger partial charge in [0.1, 0.15) is 5.69 Å². The number of rotatable bonds is 8. The van der Waals surface area contributed by atoms with E-state index in [0.29, 0.717) is 11.1 Å². The van der Waals surface area contributed by atoms with Crippen molar-refractivity contribution in [3.8, 4) is 23.0 Å². The monoisotopic (exact) mass is 463 g/mol. The van der Waals surface area contributed by atoms with Crippen molar-refractivity contribution >= 4 is 24.2 Å². The van der Waals surface area contributed by atoms with E-state index >= 15 is 0 Å². The maximum absolute atomic E-state index is 12.2. The summed E-state index contributed by atoms with van der Waals surface area (Å²) in [6, 6.07) is 12.0. The molecule has 0 aliphatic carbocycles. The first-order valence-corrected chi connectivity index (χ1v) is 9.78. The molecule has 0 saturated heterocycles. The maximum atomic E-state index is 12.2. The Balaban J connectivity index is 1.55. The number of amides is 2. The molecule has 1 heterocycles. The van der Waals surface area contributed by atoms with Gasteiger partial charge in [-0.2, -0.15) is 10.2 Å². The van der Waals surface area contributed by atoms with Crippen molar-refractivity contribution < 1.29 is 29.3 Å². The Hall–Kier alpha value is -4.93. The van der Waals surface area contributed by atoms with Crippen LogP contribution in [0.2, 0.25) is 0 Å². The fourth-order valence-electron chi connectivity index (χ4n) is 2.66. The standard InChI is InChI=1S/C23H21N5O6/c1-33-20-9-14(3-7-18(20)29)11-25-27-22(31)16-5-6-17(24-13-16)23(32)28-26-12-15-4-8-19(30)21(10-15)34-2/h3-13,29-30H,1-2H3,(H,27,31)(H,28,32). The fourth-order valence-corrected chi connectivity index (χ4v) is 2.66. The number of benzene rings is 2. The van der Waals surface area contributed by atoms with Gasteiger partial charge in [-0.05, 0) is 59.7 Å². The van der Waals surface area contributed by atoms with Crippen LogP contribution in [-0.2, 0) is 0 Å². The first kappa shape index (κ1) is 23.7. The van der Waals surface area contributed by atoms with E-state index in [4.69, 9.17) is 9.47 Å². The summed E-state index contributed by atoms with van der Waals surface area (Å²) in [7, 11) is 2.85. The van der Waals surface area contributed by atoms with Gasteiger partial charge < -0.3 is 19.7 Å². The highest BCUT2D eigenvalue weighted by molar-refractivity contribution is 5.97. The van der Waals surface area contributed by atoms with Gasteiger partial charge in [0, 0.05) is 6.20 Å². The van der Waals surface area contributed by atoms with Gasteiger partial charge in [0.05, 0.1) is 32.2 Å². The lowest BCUT2D eigenvalue weighted by molar-refractivity contribution is 0.0939. The van der Waals surface area contributed by atoms with Crippen LogP contribution in [0.15, 0.2) is 64.9 Å². The number of aromatic hydroxyl groups is 2. The average molecular weight is 463 g/mol. The molecule has 0 bridgehead atoms. The number of methoxy groups -OCH3 is 2. The van der Waals surface area contributed by atoms with E-state index in [1.807, 2.05) is 0 Å². The van der Waals surface area contributed by atoms with Crippen molar-refractivity contribution in [2.24, 2.45) is 10.2 Å². The van der Waals surface area contributed by atoms with Crippen LogP contribution in [0.3, 0.4) is 0 Å². The highest BCUT2D eigenvalue weighted by Gasteiger charge is 2.10. The van der Waals surface area contributed by atoms with E-state index in [1.54, 1.807) is 24.3 Å². The molecule has 0 spiro atoms. The molecule has 0 aliphatic heterocycles. The Kier molecular flexibility index (Phi) is 7.74. The molecule has 0 aliphatic rings. The molecule has 0 radical (unpaired) electrons. The van der Waals surface area contributed by atoms with Crippen LogP contribution < -0.4 is 20.3 Å². The van der Waals surface area contributed by atoms with Crippen molar-refractivity contribution in [3.05, 3.63) is 77.1 Å². The Morgan fingerprint density at radius 3 is 1.82 bits per heavy atom. The van der Waals surface area contributed by atoms with Crippen LogP contribution in [-0.4, -0.2) is 53.7 Å². The number of aromatic nitrogens is 1. The van der Waals surface area contributed by atoms with Gasteiger partial charge in [-0.25, -0.2) is 10.9 Å². The summed E-state index contributed by atoms with van der Waals surface area (Å²) >= 11 is 0. The predicted molar refractivity (Wildman–Crippen MR) is 124 cm³/mol. The molecule has 174 valence electrons. The lowest BCUT2D eigenvalue weighted by atomic mass is 10.2. The number of phenols is 2. The second-order valence-electron chi connectivity index (χ2n) is 6.69. The van der Waals surface area contributed by atoms with Gasteiger partial charge >= 0.3 is 0 Å². The number of carbonyl (C=O) groups excluding carboxylic acids is 2. The molecule has 0 fully saturated rings. The second-order valence-corrected chi connectivity index (χ2v) is 6.69. The highest BCUT2D eigenvalue weighted by Crippen LogP contribution is 2.26. The maximum Gasteiger partial charge on any atom is 0.289 e. The molecule has 4 N–H and O–H groups in total. The van der Waals surface area contributed by atoms with E-state index in [2.05, 4.69) is 26.0 Å². The van der Waals surface area contributed by atoms with Crippen molar-refractivity contribution in [2.45, 2.75) is 0 Å². The summed E-state index contributed by atoms with van der Waals surface area (Å²) in [6.07, 6.45) is 4.00. The number of ether oxygens (including phenoxy) is 2. The van der Waals surface area contributed by atoms with Crippen LogP contribution in [0, 0.1) is 0 Å². The van der Waals surface area contributed by atoms with Crippen LogP contribution in [0.4, 0.5) is 0 Å². The van der Waals surface area contributed by atoms with Crippen molar-refractivity contribution in [1.29, 1.82) is 0 Å². The van der Waals surface area contributed by atoms with Gasteiger partial charge in [-0.3, -0.25) is 14.6 Å². The Labute approximate surface area is 194 Å². The smallest absolute Gasteiger partial charge is 0.289 e. The minimum Gasteiger partial charge on any atom is -0.504 e. The molecule has 0 unspecified atom stereocenters. The molecular weight excluding hydrogens is 442 g/mol. The summed E-state index contributed by atoms with van der Waals surface area (Å²) < 4.78 is 10.0. The molecule has 1 aromatic heterocycles. The quantitative estimate of drug-likeness (QED) is 0.294. The van der Waals surface area contributed by atoms with E-state index in [9.17, 15) is 19.8 Å². The minimum atomic E-state index is -0.576. The summed E-state index contributed by atoms with van der Waals surface area (Å²) in [6.45, 7) is 0. The van der Waals surface area contributed by atoms with E-state index in [1.165, 1.54) is 57.1 Å². The SMILES string of the molecule is COc1cc(C=NNC(=O)c2ccc(C(=O)NN=Cc3ccc(O)c(OC)c3)nc2)ccc1O. The van der Waals surface area contributed by atoms with Crippen LogP contribution >= 0.6 is 0 Å². The zero-order chi connectivity index (χ0) is 24.5. The van der Waals surface area contributed by atoms with Gasteiger partial charge in [-0.15, -0.1) is 0 Å². The van der Waals surface area contributed by atoms with Gasteiger partial charge in [0.2, 0.25) is 0 Å². The molecule has 2 amide bonds. The van der Waals surface area contributed by atoms with E-state index < -0.39 is 11.8 Å². The van der Waals surface area contributed by atoms with Crippen molar-refractivity contribution in [3.63, 3.8) is 0 Å². The van der Waals surface area contributed by atoms with Crippen molar-refractivity contribution in [1.82, 2.24) is 15.8 Å². The molecule has 11 heteroatoms. The topological polar surface area (TPSA) is 155 Å². The lowest BCUT2D eigenvalue weighted by Gasteiger charge is -2.04. The summed E-state index contributed by atoms with van der Waals surface area (Å²) in [4.78, 5) is 28.4. The number of hydrazone groups is 2. The number of hydrogen-bond donors (Lipinski definition) is 4. The zero-order valence-corrected chi connectivity index (χ0v) is 18.2. The molecular formula is C23H21N5O6. The Bertz CT molecular complexity index is 1140. The predicted octanol–water partition coefficient (Wildman–Crippen LogP) is 2.04. The normalized spacial score (nSPS) is 10.9. The van der Waals surface area contributed by atoms with Gasteiger partial charge in [-0.1, -0.05) is 0 Å². The van der Waals surface area contributed by atoms with Crippen molar-refractivity contribution in [2.75, 3.05) is 14.2 Å². The molecule has 3 rings (SSSR count).